The predicted octanol–water partition coefficient (Wildman–Crippen LogP) is -0.719. The molecule has 34 heavy (non-hydrogen) atoms. The number of hydrogen-bond acceptors (Lipinski definition) is 8. The molecule has 3 aromatic rings. The number of aliphatic hydroxyl groups excluding tert-OH is 2. The van der Waals surface area contributed by atoms with Gasteiger partial charge in [-0.25, -0.2) is 8.42 Å². The van der Waals surface area contributed by atoms with Crippen molar-refractivity contribution in [3.05, 3.63) is 84.9 Å². The first-order chi connectivity index (χ1) is 15.9. The summed E-state index contributed by atoms with van der Waals surface area (Å²) in [6.45, 7) is -0.922. The third-order valence-corrected chi connectivity index (χ3v) is 5.88. The molecule has 0 spiro atoms. The largest absolute Gasteiger partial charge is 1.00 e. The van der Waals surface area contributed by atoms with Crippen LogP contribution in [0, 0.1) is 0 Å². The Morgan fingerprint density at radius 2 is 1.15 bits per heavy atom. The minimum atomic E-state index is -4.83. The van der Waals surface area contributed by atoms with E-state index in [9.17, 15) is 23.2 Å². The van der Waals surface area contributed by atoms with Gasteiger partial charge in [0.15, 0.2) is 0 Å². The molecule has 10 heteroatoms. The van der Waals surface area contributed by atoms with E-state index in [4.69, 9.17) is 9.47 Å². The molecule has 0 bridgehead atoms. The third kappa shape index (κ3) is 7.71. The Bertz CT molecular complexity index is 1050. The van der Waals surface area contributed by atoms with Gasteiger partial charge in [0.05, 0.1) is 35.9 Å². The van der Waals surface area contributed by atoms with Crippen LogP contribution in [0.3, 0.4) is 0 Å². The zero-order valence-corrected chi connectivity index (χ0v) is 21.7. The second kappa shape index (κ2) is 13.7. The van der Waals surface area contributed by atoms with Gasteiger partial charge in [0.25, 0.3) is 0 Å². The fourth-order valence-corrected chi connectivity index (χ4v) is 4.11. The molecule has 0 aliphatic carbocycles. The molecule has 3 rings (SSSR count). The summed E-state index contributed by atoms with van der Waals surface area (Å²) in [6, 6.07) is 21.9. The van der Waals surface area contributed by atoms with Crippen LogP contribution in [0.5, 0.6) is 11.5 Å². The van der Waals surface area contributed by atoms with Crippen LogP contribution in [-0.2, 0) is 10.1 Å². The van der Waals surface area contributed by atoms with Crippen LogP contribution in [0.1, 0.15) is 0 Å². The number of aliphatic hydroxyl groups is 2. The van der Waals surface area contributed by atoms with Crippen molar-refractivity contribution in [3.63, 3.8) is 0 Å². The molecule has 3 aromatic carbocycles. The number of ether oxygens (including phenoxy) is 2. The molecule has 2 unspecified atom stereocenters. The topological polar surface area (TPSA) is 119 Å². The Balaban J connectivity index is 0.00000408. The molecular weight excluding hydrogens is 469 g/mol. The minimum Gasteiger partial charge on any atom is -0.744 e. The summed E-state index contributed by atoms with van der Waals surface area (Å²) in [4.78, 5) is 1.03. The Morgan fingerprint density at radius 1 is 0.735 bits per heavy atom. The number of nitrogens with zero attached hydrogens (tertiary/aromatic N) is 1. The van der Waals surface area contributed by atoms with Crippen LogP contribution >= 0.6 is 0 Å². The zero-order valence-electron chi connectivity index (χ0n) is 18.9. The van der Waals surface area contributed by atoms with E-state index in [1.165, 1.54) is 23.1 Å². The zero-order chi connectivity index (χ0) is 23.7. The van der Waals surface area contributed by atoms with Gasteiger partial charge in [0.2, 0.25) is 0 Å². The molecule has 0 aliphatic heterocycles. The monoisotopic (exact) mass is 495 g/mol. The second-order valence-electron chi connectivity index (χ2n) is 7.25. The molecule has 0 saturated heterocycles. The fourth-order valence-electron chi connectivity index (χ4n) is 3.43. The van der Waals surface area contributed by atoms with E-state index >= 15 is 0 Å². The summed E-state index contributed by atoms with van der Waals surface area (Å²) in [5.74, 6) is 1.11. The smallest absolute Gasteiger partial charge is 0.744 e. The molecule has 0 saturated carbocycles. The molecule has 2 N–H and O–H groups in total. The van der Waals surface area contributed by atoms with Crippen molar-refractivity contribution in [1.82, 2.24) is 0 Å². The molecule has 176 valence electrons. The quantitative estimate of drug-likeness (QED) is 0.250. The molecule has 0 aromatic heterocycles. The molecule has 0 amide bonds. The first-order valence-electron chi connectivity index (χ1n) is 10.3. The van der Waals surface area contributed by atoms with Gasteiger partial charge < -0.3 is 29.1 Å². The fraction of sp³-hybridized carbons (Fsp3) is 0.250. The van der Waals surface area contributed by atoms with Gasteiger partial charge in [0.1, 0.15) is 34.8 Å². The number of rotatable bonds is 12. The molecule has 2 atom stereocenters. The van der Waals surface area contributed by atoms with Crippen LogP contribution in [0.15, 0.2) is 89.8 Å². The van der Waals surface area contributed by atoms with Crippen LogP contribution in [0.25, 0.3) is 0 Å². The average molecular weight is 496 g/mol. The molecule has 0 heterocycles. The van der Waals surface area contributed by atoms with E-state index in [2.05, 4.69) is 0 Å². The standard InChI is InChI=1S/C24H27NO7S.Na/c26-15-19(17-31-21-9-3-1-4-10-21)25(23-13-7-8-14-24(23)33(28,29)30)20(16-27)18-32-22-11-5-2-6-12-22;/h1-14,19-20,26-27H,15-18H2,(H,28,29,30);/q;+1/p-1. The third-order valence-electron chi connectivity index (χ3n) is 4.99. The van der Waals surface area contributed by atoms with E-state index in [1.807, 2.05) is 12.1 Å². The first-order valence-corrected chi connectivity index (χ1v) is 11.8. The van der Waals surface area contributed by atoms with E-state index < -0.39 is 40.3 Å². The Hall–Kier alpha value is -2.11. The van der Waals surface area contributed by atoms with Gasteiger partial charge in [-0.2, -0.15) is 0 Å². The van der Waals surface area contributed by atoms with E-state index in [1.54, 1.807) is 54.6 Å². The number of hydrogen-bond donors (Lipinski definition) is 2. The van der Waals surface area contributed by atoms with E-state index in [-0.39, 0.29) is 48.5 Å². The van der Waals surface area contributed by atoms with Crippen molar-refractivity contribution in [2.45, 2.75) is 17.0 Å². The van der Waals surface area contributed by atoms with Gasteiger partial charge in [-0.05, 0) is 36.4 Å². The average Bonchev–Trinajstić information content (AvgIpc) is 2.84. The molecule has 0 aliphatic rings. The summed E-state index contributed by atoms with van der Waals surface area (Å²) in [5, 5.41) is 20.4. The summed E-state index contributed by atoms with van der Waals surface area (Å²) >= 11 is 0. The Morgan fingerprint density at radius 3 is 1.56 bits per heavy atom. The Labute approximate surface area is 221 Å². The summed E-state index contributed by atoms with van der Waals surface area (Å²) in [5.41, 5.74) is 0.0546. The van der Waals surface area contributed by atoms with Crippen molar-refractivity contribution in [2.24, 2.45) is 0 Å². The van der Waals surface area contributed by atoms with Crippen molar-refractivity contribution < 1.29 is 62.2 Å². The number of anilines is 1. The van der Waals surface area contributed by atoms with E-state index in [0.717, 1.165) is 0 Å². The maximum atomic E-state index is 12.0. The van der Waals surface area contributed by atoms with E-state index in [0.29, 0.717) is 11.5 Å². The Kier molecular flexibility index (Phi) is 11.3. The predicted molar refractivity (Wildman–Crippen MR) is 123 cm³/mol. The molecule has 0 fully saturated rings. The molecule has 8 nitrogen and oxygen atoms in total. The van der Waals surface area contributed by atoms with Crippen molar-refractivity contribution in [2.75, 3.05) is 31.3 Å². The van der Waals surface area contributed by atoms with Gasteiger partial charge in [-0.1, -0.05) is 48.5 Å². The summed E-state index contributed by atoms with van der Waals surface area (Å²) < 4.78 is 47.5. The summed E-state index contributed by atoms with van der Waals surface area (Å²) in [6.07, 6.45) is 0. The van der Waals surface area contributed by atoms with Crippen molar-refractivity contribution >= 4 is 15.8 Å². The second-order valence-corrected chi connectivity index (χ2v) is 8.60. The van der Waals surface area contributed by atoms with Crippen LogP contribution in [0.4, 0.5) is 5.69 Å². The number of para-hydroxylation sites is 3. The molecule has 0 radical (unpaired) electrons. The van der Waals surface area contributed by atoms with Gasteiger partial charge in [-0.3, -0.25) is 0 Å². The van der Waals surface area contributed by atoms with Crippen molar-refractivity contribution in [3.8, 4) is 11.5 Å². The maximum Gasteiger partial charge on any atom is 1.00 e. The molecular formula is C24H26NNaO7S. The summed E-state index contributed by atoms with van der Waals surface area (Å²) in [7, 11) is -4.83. The van der Waals surface area contributed by atoms with Crippen LogP contribution in [-0.4, -0.2) is 61.7 Å². The van der Waals surface area contributed by atoms with Gasteiger partial charge >= 0.3 is 29.6 Å². The first kappa shape index (κ1) is 28.1. The maximum absolute atomic E-state index is 12.0. The minimum absolute atomic E-state index is 0. The SMILES string of the molecule is O=S(=O)([O-])c1ccccc1N(C(CO)COc1ccccc1)C(CO)COc1ccccc1.[Na+]. The number of benzene rings is 3. The van der Waals surface area contributed by atoms with Crippen molar-refractivity contribution in [1.29, 1.82) is 0 Å². The van der Waals surface area contributed by atoms with Gasteiger partial charge in [0, 0.05) is 0 Å². The van der Waals surface area contributed by atoms with Gasteiger partial charge in [-0.15, -0.1) is 0 Å². The van der Waals surface area contributed by atoms with Crippen LogP contribution in [0.2, 0.25) is 0 Å². The van der Waals surface area contributed by atoms with Crippen LogP contribution < -0.4 is 43.9 Å². The normalized spacial score (nSPS) is 12.8.